The Labute approximate surface area is 164 Å². The summed E-state index contributed by atoms with van der Waals surface area (Å²) in [7, 11) is 1.56. The zero-order valence-corrected chi connectivity index (χ0v) is 16.5. The average molecular weight is 387 g/mol. The Bertz CT molecular complexity index is 861. The van der Waals surface area contributed by atoms with E-state index < -0.39 is 6.04 Å². The molecule has 27 heavy (non-hydrogen) atoms. The van der Waals surface area contributed by atoms with Crippen molar-refractivity contribution >= 4 is 29.1 Å². The number of methoxy groups -OCH3 is 1. The van der Waals surface area contributed by atoms with E-state index in [1.54, 1.807) is 30.2 Å². The second kappa shape index (κ2) is 8.01. The Hall–Kier alpha value is -2.53. The van der Waals surface area contributed by atoms with Gasteiger partial charge in [-0.05, 0) is 61.2 Å². The summed E-state index contributed by atoms with van der Waals surface area (Å²) in [6.07, 6.45) is 0.712. The molecule has 142 valence electrons. The van der Waals surface area contributed by atoms with Crippen LogP contribution in [0.3, 0.4) is 0 Å². The number of anilines is 1. The number of hydrogen-bond donors (Lipinski definition) is 1. The summed E-state index contributed by atoms with van der Waals surface area (Å²) in [5.74, 6) is 0.344. The number of nitrogens with one attached hydrogen (secondary N) is 1. The molecular weight excluding hydrogens is 364 g/mol. The van der Waals surface area contributed by atoms with Gasteiger partial charge in [-0.25, -0.2) is 0 Å². The molecule has 0 aliphatic carbocycles. The van der Waals surface area contributed by atoms with Crippen molar-refractivity contribution in [2.75, 3.05) is 18.6 Å². The minimum absolute atomic E-state index is 0.0748. The first kappa shape index (κ1) is 19.2. The van der Waals surface area contributed by atoms with Gasteiger partial charge in [0.1, 0.15) is 11.8 Å². The van der Waals surface area contributed by atoms with Crippen molar-refractivity contribution < 1.29 is 14.3 Å². The van der Waals surface area contributed by atoms with Crippen molar-refractivity contribution in [3.63, 3.8) is 0 Å². The Kier molecular flexibility index (Phi) is 5.71. The molecule has 1 heterocycles. The fraction of sp³-hybridized carbons (Fsp3) is 0.333. The van der Waals surface area contributed by atoms with Crippen LogP contribution in [0.25, 0.3) is 0 Å². The maximum Gasteiger partial charge on any atom is 0.249 e. The van der Waals surface area contributed by atoms with E-state index in [1.165, 1.54) is 0 Å². The maximum atomic E-state index is 12.7. The molecule has 0 aromatic heterocycles. The van der Waals surface area contributed by atoms with E-state index >= 15 is 0 Å². The number of carbonyl (C=O) groups excluding carboxylic acids is 2. The van der Waals surface area contributed by atoms with Crippen LogP contribution in [0.1, 0.15) is 23.1 Å². The Morgan fingerprint density at radius 1 is 1.22 bits per heavy atom. The van der Waals surface area contributed by atoms with Crippen LogP contribution >= 0.6 is 11.6 Å². The van der Waals surface area contributed by atoms with Crippen LogP contribution in [0.15, 0.2) is 36.4 Å². The van der Waals surface area contributed by atoms with Crippen molar-refractivity contribution in [2.45, 2.75) is 32.7 Å². The van der Waals surface area contributed by atoms with Crippen molar-refractivity contribution in [1.82, 2.24) is 5.32 Å². The highest BCUT2D eigenvalue weighted by molar-refractivity contribution is 6.31. The molecule has 2 amide bonds. The normalized spacial score (nSPS) is 16.5. The summed E-state index contributed by atoms with van der Waals surface area (Å²) < 4.78 is 5.11. The quantitative estimate of drug-likeness (QED) is 0.856. The number of amides is 2. The Morgan fingerprint density at radius 2 is 1.93 bits per heavy atom. The average Bonchev–Trinajstić information content (AvgIpc) is 2.96. The first-order valence-electron chi connectivity index (χ1n) is 8.89. The molecule has 6 heteroatoms. The second-order valence-electron chi connectivity index (χ2n) is 6.88. The van der Waals surface area contributed by atoms with Crippen LogP contribution in [0.5, 0.6) is 5.75 Å². The summed E-state index contributed by atoms with van der Waals surface area (Å²) in [5, 5.41) is 3.31. The van der Waals surface area contributed by atoms with E-state index in [4.69, 9.17) is 16.3 Å². The SMILES string of the molecule is COc1ccc(CC(=O)NC2CCN(c3cc(C)cc(C)c3)C2=O)c(Cl)c1. The second-order valence-corrected chi connectivity index (χ2v) is 7.29. The summed E-state index contributed by atoms with van der Waals surface area (Å²) in [5.41, 5.74) is 3.80. The van der Waals surface area contributed by atoms with Gasteiger partial charge in [-0.1, -0.05) is 23.7 Å². The van der Waals surface area contributed by atoms with Gasteiger partial charge in [-0.15, -0.1) is 0 Å². The van der Waals surface area contributed by atoms with Crippen LogP contribution in [-0.2, 0) is 16.0 Å². The Morgan fingerprint density at radius 3 is 2.56 bits per heavy atom. The highest BCUT2D eigenvalue weighted by Crippen LogP contribution is 2.25. The number of carbonyl (C=O) groups is 2. The first-order chi connectivity index (χ1) is 12.9. The molecule has 1 saturated heterocycles. The number of halogens is 1. The molecule has 1 aliphatic heterocycles. The number of nitrogens with zero attached hydrogens (tertiary/aromatic N) is 1. The smallest absolute Gasteiger partial charge is 0.249 e. The summed E-state index contributed by atoms with van der Waals surface area (Å²) >= 11 is 6.20. The molecule has 1 unspecified atom stereocenters. The lowest BCUT2D eigenvalue weighted by atomic mass is 10.1. The lowest BCUT2D eigenvalue weighted by molar-refractivity contribution is -0.126. The van der Waals surface area contributed by atoms with Gasteiger partial charge in [0.15, 0.2) is 0 Å². The summed E-state index contributed by atoms with van der Waals surface area (Å²) in [4.78, 5) is 26.9. The molecule has 0 radical (unpaired) electrons. The zero-order valence-electron chi connectivity index (χ0n) is 15.7. The molecule has 0 saturated carbocycles. The van der Waals surface area contributed by atoms with Crippen LogP contribution in [0.4, 0.5) is 5.69 Å². The van der Waals surface area contributed by atoms with Crippen molar-refractivity contribution in [3.8, 4) is 5.75 Å². The van der Waals surface area contributed by atoms with E-state index in [2.05, 4.69) is 11.4 Å². The third-order valence-corrected chi connectivity index (χ3v) is 5.02. The molecule has 2 aromatic carbocycles. The fourth-order valence-electron chi connectivity index (χ4n) is 3.39. The monoisotopic (exact) mass is 386 g/mol. The molecule has 1 fully saturated rings. The first-order valence-corrected chi connectivity index (χ1v) is 9.26. The van der Waals surface area contributed by atoms with Crippen LogP contribution in [0, 0.1) is 13.8 Å². The molecule has 0 spiro atoms. The van der Waals surface area contributed by atoms with Gasteiger partial charge >= 0.3 is 0 Å². The highest BCUT2D eigenvalue weighted by atomic mass is 35.5. The minimum Gasteiger partial charge on any atom is -0.497 e. The molecule has 0 bridgehead atoms. The minimum atomic E-state index is -0.504. The van der Waals surface area contributed by atoms with Crippen molar-refractivity contribution in [3.05, 3.63) is 58.1 Å². The van der Waals surface area contributed by atoms with E-state index in [0.29, 0.717) is 29.3 Å². The number of aryl methyl sites for hydroxylation is 2. The third kappa shape index (κ3) is 4.42. The van der Waals surface area contributed by atoms with Crippen molar-refractivity contribution in [2.24, 2.45) is 0 Å². The van der Waals surface area contributed by atoms with Gasteiger partial charge in [0.25, 0.3) is 0 Å². The molecular formula is C21H23ClN2O3. The number of rotatable bonds is 5. The molecule has 1 atom stereocenters. The topological polar surface area (TPSA) is 58.6 Å². The highest BCUT2D eigenvalue weighted by Gasteiger charge is 2.33. The van der Waals surface area contributed by atoms with E-state index in [-0.39, 0.29) is 18.2 Å². The van der Waals surface area contributed by atoms with Gasteiger partial charge in [0.05, 0.1) is 13.5 Å². The predicted octanol–water partition coefficient (Wildman–Crippen LogP) is 3.43. The van der Waals surface area contributed by atoms with Gasteiger partial charge in [0, 0.05) is 17.3 Å². The van der Waals surface area contributed by atoms with E-state index in [9.17, 15) is 9.59 Å². The standard InChI is InChI=1S/C21H23ClN2O3/c1-13-8-14(2)10-16(9-13)24-7-6-19(21(24)26)23-20(25)11-15-4-5-17(27-3)12-18(15)22/h4-5,8-10,12,19H,6-7,11H2,1-3H3,(H,23,25). The van der Waals surface area contributed by atoms with Crippen LogP contribution in [0.2, 0.25) is 5.02 Å². The van der Waals surface area contributed by atoms with Gasteiger partial charge < -0.3 is 15.0 Å². The van der Waals surface area contributed by atoms with Gasteiger partial charge in [0.2, 0.25) is 11.8 Å². The molecule has 5 nitrogen and oxygen atoms in total. The molecule has 3 rings (SSSR count). The third-order valence-electron chi connectivity index (χ3n) is 4.67. The van der Waals surface area contributed by atoms with Crippen LogP contribution in [-0.4, -0.2) is 31.5 Å². The largest absolute Gasteiger partial charge is 0.497 e. The van der Waals surface area contributed by atoms with Crippen LogP contribution < -0.4 is 15.0 Å². The number of benzene rings is 2. The Balaban J connectivity index is 1.64. The summed E-state index contributed by atoms with van der Waals surface area (Å²) in [6.45, 7) is 4.61. The van der Waals surface area contributed by atoms with E-state index in [0.717, 1.165) is 16.8 Å². The molecule has 2 aromatic rings. The molecule has 1 aliphatic rings. The van der Waals surface area contributed by atoms with Gasteiger partial charge in [-0.2, -0.15) is 0 Å². The number of hydrogen-bond acceptors (Lipinski definition) is 3. The predicted molar refractivity (Wildman–Crippen MR) is 107 cm³/mol. The van der Waals surface area contributed by atoms with Gasteiger partial charge in [-0.3, -0.25) is 9.59 Å². The number of ether oxygens (including phenoxy) is 1. The fourth-order valence-corrected chi connectivity index (χ4v) is 3.63. The lowest BCUT2D eigenvalue weighted by Crippen LogP contribution is -2.42. The maximum absolute atomic E-state index is 12.7. The van der Waals surface area contributed by atoms with Crippen molar-refractivity contribution in [1.29, 1.82) is 0 Å². The van der Waals surface area contributed by atoms with E-state index in [1.807, 2.05) is 26.0 Å². The zero-order chi connectivity index (χ0) is 19.6. The lowest BCUT2D eigenvalue weighted by Gasteiger charge is -2.18. The molecule has 1 N–H and O–H groups in total. The summed E-state index contributed by atoms with van der Waals surface area (Å²) in [6, 6.07) is 10.7.